The summed E-state index contributed by atoms with van der Waals surface area (Å²) < 4.78 is 5.46. The van der Waals surface area contributed by atoms with Gasteiger partial charge in [-0.25, -0.2) is 0 Å². The molecule has 0 aromatic carbocycles. The van der Waals surface area contributed by atoms with E-state index in [0.717, 1.165) is 39.0 Å². The minimum Gasteiger partial charge on any atom is -0.378 e. The van der Waals surface area contributed by atoms with Crippen LogP contribution in [0, 0.1) is 5.92 Å². The minimum absolute atomic E-state index is 0.216. The Balaban J connectivity index is 1.58. The highest BCUT2D eigenvalue weighted by molar-refractivity contribution is 5.76. The van der Waals surface area contributed by atoms with Gasteiger partial charge in [0.05, 0.1) is 6.10 Å². The summed E-state index contributed by atoms with van der Waals surface area (Å²) in [7, 11) is 0. The van der Waals surface area contributed by atoms with Crippen LogP contribution in [0.5, 0.6) is 0 Å². The van der Waals surface area contributed by atoms with Crippen LogP contribution in [0.1, 0.15) is 32.6 Å². The molecule has 4 heteroatoms. The van der Waals surface area contributed by atoms with Gasteiger partial charge in [0, 0.05) is 19.1 Å². The van der Waals surface area contributed by atoms with E-state index in [2.05, 4.69) is 10.6 Å². The van der Waals surface area contributed by atoms with Crippen LogP contribution in [-0.2, 0) is 9.53 Å². The predicted molar refractivity (Wildman–Crippen MR) is 62.2 cm³/mol. The number of nitrogens with one attached hydrogen (secondary N) is 2. The highest BCUT2D eigenvalue weighted by Crippen LogP contribution is 2.23. The zero-order valence-corrected chi connectivity index (χ0v) is 10.00. The van der Waals surface area contributed by atoms with Gasteiger partial charge < -0.3 is 15.4 Å². The second-order valence-corrected chi connectivity index (χ2v) is 4.88. The van der Waals surface area contributed by atoms with Gasteiger partial charge in [0.1, 0.15) is 0 Å². The molecule has 2 rings (SSSR count). The average Bonchev–Trinajstić information content (AvgIpc) is 2.67. The zero-order valence-electron chi connectivity index (χ0n) is 10.00. The van der Waals surface area contributed by atoms with Crippen molar-refractivity contribution < 1.29 is 9.53 Å². The Morgan fingerprint density at radius 3 is 2.94 bits per heavy atom. The quantitative estimate of drug-likeness (QED) is 0.724. The van der Waals surface area contributed by atoms with E-state index in [0.29, 0.717) is 24.5 Å². The Morgan fingerprint density at radius 2 is 2.31 bits per heavy atom. The maximum absolute atomic E-state index is 11.7. The third-order valence-electron chi connectivity index (χ3n) is 3.50. The van der Waals surface area contributed by atoms with Crippen molar-refractivity contribution in [2.75, 3.05) is 19.7 Å². The Hall–Kier alpha value is -0.610. The van der Waals surface area contributed by atoms with E-state index in [1.807, 2.05) is 6.92 Å². The zero-order chi connectivity index (χ0) is 11.4. The summed E-state index contributed by atoms with van der Waals surface area (Å²) in [5, 5.41) is 6.37. The van der Waals surface area contributed by atoms with Crippen molar-refractivity contribution in [1.82, 2.24) is 10.6 Å². The molecule has 2 aliphatic rings. The molecule has 1 atom stereocenters. The lowest BCUT2D eigenvalue weighted by molar-refractivity contribution is -0.124. The number of carbonyl (C=O) groups excluding carboxylic acids is 1. The first kappa shape index (κ1) is 11.9. The Morgan fingerprint density at radius 1 is 1.50 bits per heavy atom. The van der Waals surface area contributed by atoms with Crippen molar-refractivity contribution in [1.29, 1.82) is 0 Å². The number of hydrogen-bond donors (Lipinski definition) is 2. The number of rotatable bonds is 5. The van der Waals surface area contributed by atoms with Crippen molar-refractivity contribution in [2.45, 2.75) is 44.8 Å². The van der Waals surface area contributed by atoms with Gasteiger partial charge >= 0.3 is 0 Å². The van der Waals surface area contributed by atoms with Crippen LogP contribution in [0.2, 0.25) is 0 Å². The smallest absolute Gasteiger partial charge is 0.220 e. The first-order valence-corrected chi connectivity index (χ1v) is 6.39. The molecule has 0 aromatic rings. The summed E-state index contributed by atoms with van der Waals surface area (Å²) in [6.07, 6.45) is 4.18. The minimum atomic E-state index is 0.216. The number of carbonyl (C=O) groups is 1. The molecule has 1 amide bonds. The lowest BCUT2D eigenvalue weighted by Gasteiger charge is -2.35. The molecule has 1 heterocycles. The van der Waals surface area contributed by atoms with E-state index in [9.17, 15) is 4.79 Å². The molecule has 16 heavy (non-hydrogen) atoms. The highest BCUT2D eigenvalue weighted by Gasteiger charge is 2.31. The lowest BCUT2D eigenvalue weighted by atomic mass is 9.89. The van der Waals surface area contributed by atoms with E-state index in [-0.39, 0.29) is 5.91 Å². The van der Waals surface area contributed by atoms with Gasteiger partial charge in [-0.1, -0.05) is 0 Å². The fourth-order valence-corrected chi connectivity index (χ4v) is 2.49. The lowest BCUT2D eigenvalue weighted by Crippen LogP contribution is -2.48. The fraction of sp³-hybridized carbons (Fsp3) is 0.917. The van der Waals surface area contributed by atoms with Crippen LogP contribution in [0.15, 0.2) is 0 Å². The van der Waals surface area contributed by atoms with Gasteiger partial charge in [-0.05, 0) is 45.2 Å². The first-order chi connectivity index (χ1) is 7.78. The molecule has 2 fully saturated rings. The number of hydrogen-bond acceptors (Lipinski definition) is 3. The second-order valence-electron chi connectivity index (χ2n) is 4.88. The summed E-state index contributed by atoms with van der Waals surface area (Å²) in [4.78, 5) is 11.7. The summed E-state index contributed by atoms with van der Waals surface area (Å²) in [5.41, 5.74) is 0. The van der Waals surface area contributed by atoms with Crippen LogP contribution in [0.3, 0.4) is 0 Å². The van der Waals surface area contributed by atoms with Gasteiger partial charge in [-0.3, -0.25) is 4.79 Å². The average molecular weight is 226 g/mol. The number of ether oxygens (including phenoxy) is 1. The van der Waals surface area contributed by atoms with Gasteiger partial charge in [0.25, 0.3) is 0 Å². The SMILES string of the molecule is CCOC1CC(NC(=O)CC2CCNC2)C1. The van der Waals surface area contributed by atoms with E-state index in [1.165, 1.54) is 0 Å². The molecular formula is C12H22N2O2. The van der Waals surface area contributed by atoms with Gasteiger partial charge in [0.15, 0.2) is 0 Å². The number of amides is 1. The Labute approximate surface area is 97.1 Å². The van der Waals surface area contributed by atoms with Crippen LogP contribution in [0.25, 0.3) is 0 Å². The van der Waals surface area contributed by atoms with Gasteiger partial charge in [-0.2, -0.15) is 0 Å². The largest absolute Gasteiger partial charge is 0.378 e. The van der Waals surface area contributed by atoms with E-state index >= 15 is 0 Å². The van der Waals surface area contributed by atoms with E-state index in [4.69, 9.17) is 4.74 Å². The molecule has 1 aliphatic heterocycles. The standard InChI is InChI=1S/C12H22N2O2/c1-2-16-11-6-10(7-11)14-12(15)5-9-3-4-13-8-9/h9-11,13H,2-8H2,1H3,(H,14,15). The molecule has 4 nitrogen and oxygen atoms in total. The molecule has 2 N–H and O–H groups in total. The fourth-order valence-electron chi connectivity index (χ4n) is 2.49. The molecule has 1 aliphatic carbocycles. The molecule has 92 valence electrons. The van der Waals surface area contributed by atoms with Gasteiger partial charge in [-0.15, -0.1) is 0 Å². The van der Waals surface area contributed by atoms with E-state index < -0.39 is 0 Å². The third-order valence-corrected chi connectivity index (χ3v) is 3.50. The molecule has 1 saturated heterocycles. The monoisotopic (exact) mass is 226 g/mol. The highest BCUT2D eigenvalue weighted by atomic mass is 16.5. The van der Waals surface area contributed by atoms with Crippen molar-refractivity contribution in [3.63, 3.8) is 0 Å². The summed E-state index contributed by atoms with van der Waals surface area (Å²) >= 11 is 0. The predicted octanol–water partition coefficient (Wildman–Crippen LogP) is 0.670. The summed E-state index contributed by atoms with van der Waals surface area (Å²) in [6.45, 7) is 4.85. The van der Waals surface area contributed by atoms with Crippen LogP contribution >= 0.6 is 0 Å². The topological polar surface area (TPSA) is 50.4 Å². The van der Waals surface area contributed by atoms with Crippen molar-refractivity contribution >= 4 is 5.91 Å². The molecule has 0 spiro atoms. The molecule has 1 unspecified atom stereocenters. The Kier molecular flexibility index (Phi) is 4.18. The normalized spacial score (nSPS) is 33.4. The molecule has 0 bridgehead atoms. The molecule has 0 aromatic heterocycles. The third kappa shape index (κ3) is 3.19. The van der Waals surface area contributed by atoms with Crippen molar-refractivity contribution in [3.05, 3.63) is 0 Å². The summed E-state index contributed by atoms with van der Waals surface area (Å²) in [6, 6.07) is 0.360. The summed E-state index contributed by atoms with van der Waals surface area (Å²) in [5.74, 6) is 0.761. The van der Waals surface area contributed by atoms with Crippen LogP contribution < -0.4 is 10.6 Å². The molecule has 0 radical (unpaired) electrons. The van der Waals surface area contributed by atoms with Crippen LogP contribution in [0.4, 0.5) is 0 Å². The maximum Gasteiger partial charge on any atom is 0.220 e. The first-order valence-electron chi connectivity index (χ1n) is 6.39. The van der Waals surface area contributed by atoms with Crippen molar-refractivity contribution in [3.8, 4) is 0 Å². The van der Waals surface area contributed by atoms with E-state index in [1.54, 1.807) is 0 Å². The van der Waals surface area contributed by atoms with Crippen LogP contribution in [-0.4, -0.2) is 37.7 Å². The Bertz CT molecular complexity index is 233. The second kappa shape index (κ2) is 5.64. The molecular weight excluding hydrogens is 204 g/mol. The molecule has 1 saturated carbocycles. The van der Waals surface area contributed by atoms with Gasteiger partial charge in [0.2, 0.25) is 5.91 Å². The maximum atomic E-state index is 11.7. The van der Waals surface area contributed by atoms with Crippen molar-refractivity contribution in [2.24, 2.45) is 5.92 Å².